The van der Waals surface area contributed by atoms with Crippen LogP contribution in [0.4, 0.5) is 5.69 Å². The number of carbonyl (C=O) groups excluding carboxylic acids is 1. The first-order chi connectivity index (χ1) is 17.4. The van der Waals surface area contributed by atoms with Crippen LogP contribution in [-0.2, 0) is 21.1 Å². The zero-order chi connectivity index (χ0) is 26.7. The molecule has 2 rings (SSSR count). The van der Waals surface area contributed by atoms with E-state index in [1.54, 1.807) is 18.2 Å². The molecule has 7 heteroatoms. The largest absolute Gasteiger partial charge is 0.508 e. The summed E-state index contributed by atoms with van der Waals surface area (Å²) in [4.78, 5) is 12.4. The number of aliphatic hydroxyl groups excluding tert-OH is 1. The van der Waals surface area contributed by atoms with Crippen molar-refractivity contribution in [3.8, 4) is 11.5 Å². The molecule has 0 aliphatic carbocycles. The van der Waals surface area contributed by atoms with Crippen LogP contribution >= 0.6 is 0 Å². The number of rotatable bonds is 16. The topological polar surface area (TPSA) is 78.8 Å². The molecule has 0 fully saturated rings. The van der Waals surface area contributed by atoms with Crippen molar-refractivity contribution in [2.75, 3.05) is 44.7 Å². The fourth-order valence-corrected chi connectivity index (χ4v) is 4.11. The van der Waals surface area contributed by atoms with Crippen molar-refractivity contribution in [3.05, 3.63) is 54.1 Å². The Morgan fingerprint density at radius 2 is 1.46 bits per heavy atom. The number of carbonyl (C=O) groups is 1. The summed E-state index contributed by atoms with van der Waals surface area (Å²) in [5.41, 5.74) is 1.14. The summed E-state index contributed by atoms with van der Waals surface area (Å²) in [6, 6.07) is 13.6. The van der Waals surface area contributed by atoms with Gasteiger partial charge in [0.1, 0.15) is 18.0 Å². The molecule has 0 unspecified atom stereocenters. The SMILES string of the molecule is CCCCCCOc1ccccc1C(=O)Nc1ccc(O)cc1.CCCCC[N+](CC)(CC)CCO.[W]. The number of likely N-dealkylation sites (N-methyl/N-ethyl adjacent to an activating group) is 1. The molecule has 0 aliphatic rings. The Hall–Kier alpha value is -1.88. The fraction of sp³-hybridized carbons (Fsp3) is 0.567. The summed E-state index contributed by atoms with van der Waals surface area (Å²) in [7, 11) is 0. The zero-order valence-electron chi connectivity index (χ0n) is 23.4. The standard InChI is InChI=1S/C19H23NO3.C11H26NO.W/c1-2-3-4-7-14-23-18-9-6-5-8-17(18)19(22)20-15-10-12-16(21)13-11-15;1-4-7-8-9-12(5-2,6-3)10-11-13;/h5-6,8-13,21H,2-4,7,14H2,1H3,(H,20,22);13H,4-11H2,1-3H3;/q;+1;. The molecule has 3 N–H and O–H groups in total. The second kappa shape index (κ2) is 21.1. The van der Waals surface area contributed by atoms with E-state index in [1.807, 2.05) is 18.2 Å². The van der Waals surface area contributed by atoms with Gasteiger partial charge in [0, 0.05) is 26.8 Å². The van der Waals surface area contributed by atoms with E-state index in [0.29, 0.717) is 30.2 Å². The molecule has 0 heterocycles. The van der Waals surface area contributed by atoms with Gasteiger partial charge >= 0.3 is 0 Å². The molecule has 0 aromatic heterocycles. The number of anilines is 1. The van der Waals surface area contributed by atoms with E-state index in [0.717, 1.165) is 37.0 Å². The van der Waals surface area contributed by atoms with E-state index in [1.165, 1.54) is 50.8 Å². The van der Waals surface area contributed by atoms with E-state index in [9.17, 15) is 9.90 Å². The van der Waals surface area contributed by atoms with Gasteiger partial charge in [-0.15, -0.1) is 0 Å². The molecule has 2 aromatic carbocycles. The molecule has 6 nitrogen and oxygen atoms in total. The average molecular weight is 686 g/mol. The Bertz CT molecular complexity index is 842. The predicted molar refractivity (Wildman–Crippen MR) is 150 cm³/mol. The quantitative estimate of drug-likeness (QED) is 0.105. The van der Waals surface area contributed by atoms with Crippen molar-refractivity contribution in [1.82, 2.24) is 0 Å². The summed E-state index contributed by atoms with van der Waals surface area (Å²) < 4.78 is 6.85. The third kappa shape index (κ3) is 14.0. The van der Waals surface area contributed by atoms with Crippen LogP contribution in [0, 0.1) is 0 Å². The molecule has 1 amide bonds. The number of nitrogens with zero attached hydrogens (tertiary/aromatic N) is 1. The number of aliphatic hydroxyl groups is 1. The molecule has 0 bridgehead atoms. The molecule has 2 aromatic rings. The van der Waals surface area contributed by atoms with Crippen LogP contribution < -0.4 is 10.1 Å². The second-order valence-electron chi connectivity index (χ2n) is 9.26. The molecule has 0 saturated heterocycles. The third-order valence-electron chi connectivity index (χ3n) is 6.66. The van der Waals surface area contributed by atoms with Gasteiger partial charge in [0.05, 0.1) is 38.4 Å². The number of phenols is 1. The first-order valence-electron chi connectivity index (χ1n) is 13.7. The number of para-hydroxylation sites is 1. The van der Waals surface area contributed by atoms with E-state index < -0.39 is 0 Å². The molecular formula is C30H49N2O4W+. The van der Waals surface area contributed by atoms with E-state index in [-0.39, 0.29) is 32.7 Å². The molecular weight excluding hydrogens is 636 g/mol. The van der Waals surface area contributed by atoms with Gasteiger partial charge in [-0.3, -0.25) is 4.79 Å². The Balaban J connectivity index is 0.000000797. The zero-order valence-corrected chi connectivity index (χ0v) is 26.3. The normalized spacial score (nSPS) is 10.6. The molecule has 0 atom stereocenters. The van der Waals surface area contributed by atoms with Gasteiger partial charge < -0.3 is 24.7 Å². The average Bonchev–Trinajstić information content (AvgIpc) is 2.90. The maximum absolute atomic E-state index is 12.4. The minimum atomic E-state index is -0.222. The Kier molecular flexibility index (Phi) is 20.0. The number of aromatic hydroxyl groups is 1. The monoisotopic (exact) mass is 685 g/mol. The molecule has 0 radical (unpaired) electrons. The Morgan fingerprint density at radius 3 is 2.05 bits per heavy atom. The smallest absolute Gasteiger partial charge is 0.259 e. The first-order valence-corrected chi connectivity index (χ1v) is 13.7. The summed E-state index contributed by atoms with van der Waals surface area (Å²) in [6.07, 6.45) is 8.42. The first kappa shape index (κ1) is 35.1. The summed E-state index contributed by atoms with van der Waals surface area (Å²) in [5, 5.41) is 21.1. The summed E-state index contributed by atoms with van der Waals surface area (Å²) in [6.45, 7) is 14.3. The minimum Gasteiger partial charge on any atom is -0.508 e. The molecule has 0 saturated carbocycles. The maximum Gasteiger partial charge on any atom is 0.259 e. The van der Waals surface area contributed by atoms with Gasteiger partial charge in [-0.1, -0.05) is 51.7 Å². The van der Waals surface area contributed by atoms with Crippen molar-refractivity contribution in [1.29, 1.82) is 0 Å². The number of benzene rings is 2. The number of nitrogens with one attached hydrogen (secondary N) is 1. The van der Waals surface area contributed by atoms with Crippen LogP contribution in [0.3, 0.4) is 0 Å². The van der Waals surface area contributed by atoms with Crippen molar-refractivity contribution in [3.63, 3.8) is 0 Å². The predicted octanol–water partition coefficient (Wildman–Crippen LogP) is 6.63. The van der Waals surface area contributed by atoms with Crippen LogP contribution in [0.15, 0.2) is 48.5 Å². The number of phenolic OH excluding ortho intramolecular Hbond substituents is 1. The second-order valence-corrected chi connectivity index (χ2v) is 9.26. The van der Waals surface area contributed by atoms with Gasteiger partial charge in [0.2, 0.25) is 0 Å². The van der Waals surface area contributed by atoms with Gasteiger partial charge in [-0.25, -0.2) is 0 Å². The number of hydrogen-bond donors (Lipinski definition) is 3. The molecule has 37 heavy (non-hydrogen) atoms. The van der Waals surface area contributed by atoms with Crippen LogP contribution in [0.25, 0.3) is 0 Å². The van der Waals surface area contributed by atoms with Gasteiger partial charge in [-0.05, 0) is 69.5 Å². The minimum absolute atomic E-state index is 0. The number of amides is 1. The van der Waals surface area contributed by atoms with E-state index in [4.69, 9.17) is 9.84 Å². The number of quaternary nitrogens is 1. The van der Waals surface area contributed by atoms with Gasteiger partial charge in [-0.2, -0.15) is 0 Å². The number of hydrogen-bond acceptors (Lipinski definition) is 4. The van der Waals surface area contributed by atoms with Crippen LogP contribution in [0.2, 0.25) is 0 Å². The maximum atomic E-state index is 12.4. The van der Waals surface area contributed by atoms with Crippen molar-refractivity contribution in [2.45, 2.75) is 72.6 Å². The Morgan fingerprint density at radius 1 is 0.838 bits per heavy atom. The third-order valence-corrected chi connectivity index (χ3v) is 6.66. The van der Waals surface area contributed by atoms with Crippen molar-refractivity contribution < 1.29 is 45.3 Å². The van der Waals surface area contributed by atoms with Crippen molar-refractivity contribution in [2.24, 2.45) is 0 Å². The van der Waals surface area contributed by atoms with Gasteiger partial charge in [0.25, 0.3) is 5.91 Å². The van der Waals surface area contributed by atoms with Gasteiger partial charge in [0.15, 0.2) is 0 Å². The molecule has 0 aliphatic heterocycles. The van der Waals surface area contributed by atoms with Crippen molar-refractivity contribution >= 4 is 11.6 Å². The summed E-state index contributed by atoms with van der Waals surface area (Å²) >= 11 is 0. The molecule has 208 valence electrons. The summed E-state index contributed by atoms with van der Waals surface area (Å²) in [5.74, 6) is 0.541. The number of ether oxygens (including phenoxy) is 1. The number of unbranched alkanes of at least 4 members (excludes halogenated alkanes) is 5. The van der Waals surface area contributed by atoms with E-state index >= 15 is 0 Å². The van der Waals surface area contributed by atoms with Crippen LogP contribution in [0.1, 0.15) is 83.0 Å². The fourth-order valence-electron chi connectivity index (χ4n) is 4.11. The molecule has 0 spiro atoms. The van der Waals surface area contributed by atoms with Crippen LogP contribution in [0.5, 0.6) is 11.5 Å². The van der Waals surface area contributed by atoms with Crippen LogP contribution in [-0.4, -0.2) is 60.0 Å². The van der Waals surface area contributed by atoms with E-state index in [2.05, 4.69) is 33.0 Å². The Labute approximate surface area is 239 Å².